The van der Waals surface area contributed by atoms with E-state index in [1.807, 2.05) is 37.3 Å². The van der Waals surface area contributed by atoms with E-state index in [0.29, 0.717) is 15.4 Å². The number of nitrogens with one attached hydrogen (secondary N) is 1. The van der Waals surface area contributed by atoms with E-state index in [-0.39, 0.29) is 6.61 Å². The largest absolute Gasteiger partial charge is 0.394 e. The summed E-state index contributed by atoms with van der Waals surface area (Å²) >= 11 is 9.26. The molecule has 19 heavy (non-hydrogen) atoms. The Morgan fingerprint density at radius 3 is 2.63 bits per heavy atom. The molecular weight excluding hydrogens is 330 g/mol. The zero-order valence-corrected chi connectivity index (χ0v) is 12.6. The van der Waals surface area contributed by atoms with E-state index in [2.05, 4.69) is 31.2 Å². The Balaban J connectivity index is 2.36. The third kappa shape index (κ3) is 3.05. The number of aromatic nitrogens is 2. The molecule has 100 valence electrons. The van der Waals surface area contributed by atoms with Gasteiger partial charge in [-0.1, -0.05) is 41.9 Å². The van der Waals surface area contributed by atoms with Gasteiger partial charge in [0.2, 0.25) is 0 Å². The second-order valence-corrected chi connectivity index (χ2v) is 5.46. The van der Waals surface area contributed by atoms with Crippen molar-refractivity contribution in [1.82, 2.24) is 9.97 Å². The standard InChI is InChI=1S/C13H13BrClN3O/c1-13(7-19,9-5-3-2-4-6-9)18-12-10(14)11(15)16-8-17-12/h2-6,8,19H,7H2,1H3,(H,16,17,18). The van der Waals surface area contributed by atoms with Gasteiger partial charge in [-0.3, -0.25) is 0 Å². The fourth-order valence-electron chi connectivity index (χ4n) is 1.71. The highest BCUT2D eigenvalue weighted by Crippen LogP contribution is 2.31. The molecule has 0 spiro atoms. The van der Waals surface area contributed by atoms with Gasteiger partial charge in [0, 0.05) is 0 Å². The minimum Gasteiger partial charge on any atom is -0.394 e. The SMILES string of the molecule is CC(CO)(Nc1ncnc(Cl)c1Br)c1ccccc1. The highest BCUT2D eigenvalue weighted by molar-refractivity contribution is 9.10. The van der Waals surface area contributed by atoms with Crippen LogP contribution in [-0.2, 0) is 5.54 Å². The molecule has 0 aliphatic carbocycles. The van der Waals surface area contributed by atoms with Crippen molar-refractivity contribution in [1.29, 1.82) is 0 Å². The molecule has 0 fully saturated rings. The molecule has 4 nitrogen and oxygen atoms in total. The second-order valence-electron chi connectivity index (χ2n) is 4.31. The summed E-state index contributed by atoms with van der Waals surface area (Å²) in [4.78, 5) is 8.01. The quantitative estimate of drug-likeness (QED) is 0.838. The molecule has 1 atom stereocenters. The lowest BCUT2D eigenvalue weighted by Crippen LogP contribution is -2.36. The van der Waals surface area contributed by atoms with E-state index in [4.69, 9.17) is 11.6 Å². The Morgan fingerprint density at radius 2 is 2.00 bits per heavy atom. The fraction of sp³-hybridized carbons (Fsp3) is 0.231. The molecule has 1 aromatic heterocycles. The molecular formula is C13H13BrClN3O. The van der Waals surface area contributed by atoms with Gasteiger partial charge in [-0.15, -0.1) is 0 Å². The summed E-state index contributed by atoms with van der Waals surface area (Å²) in [5, 5.41) is 13.2. The van der Waals surface area contributed by atoms with Crippen molar-refractivity contribution in [3.05, 3.63) is 51.8 Å². The van der Waals surface area contributed by atoms with Crippen LogP contribution in [0.1, 0.15) is 12.5 Å². The van der Waals surface area contributed by atoms with Gasteiger partial charge in [0.1, 0.15) is 17.3 Å². The highest BCUT2D eigenvalue weighted by atomic mass is 79.9. The van der Waals surface area contributed by atoms with Crippen molar-refractivity contribution >= 4 is 33.3 Å². The molecule has 2 aromatic rings. The molecule has 0 radical (unpaired) electrons. The lowest BCUT2D eigenvalue weighted by molar-refractivity contribution is 0.223. The third-order valence-corrected chi connectivity index (χ3v) is 4.13. The van der Waals surface area contributed by atoms with Crippen molar-refractivity contribution in [3.8, 4) is 0 Å². The van der Waals surface area contributed by atoms with E-state index in [9.17, 15) is 5.11 Å². The number of nitrogens with zero attached hydrogens (tertiary/aromatic N) is 2. The van der Waals surface area contributed by atoms with Gasteiger partial charge in [-0.2, -0.15) is 0 Å². The molecule has 0 amide bonds. The maximum atomic E-state index is 9.71. The van der Waals surface area contributed by atoms with Crippen LogP contribution < -0.4 is 5.32 Å². The van der Waals surface area contributed by atoms with Crippen molar-refractivity contribution in [2.24, 2.45) is 0 Å². The van der Waals surface area contributed by atoms with Crippen LogP contribution in [0.5, 0.6) is 0 Å². The van der Waals surface area contributed by atoms with Crippen LogP contribution in [0.25, 0.3) is 0 Å². The first-order valence-corrected chi connectivity index (χ1v) is 6.84. The number of aliphatic hydroxyl groups is 1. The number of benzene rings is 1. The van der Waals surface area contributed by atoms with Gasteiger partial charge in [-0.25, -0.2) is 9.97 Å². The van der Waals surface area contributed by atoms with E-state index in [1.54, 1.807) is 0 Å². The van der Waals surface area contributed by atoms with Crippen LogP contribution in [0, 0.1) is 0 Å². The predicted molar refractivity (Wildman–Crippen MR) is 79.2 cm³/mol. The lowest BCUT2D eigenvalue weighted by Gasteiger charge is -2.30. The topological polar surface area (TPSA) is 58.0 Å². The Kier molecular flexibility index (Phi) is 4.39. The van der Waals surface area contributed by atoms with Gasteiger partial charge < -0.3 is 10.4 Å². The summed E-state index contributed by atoms with van der Waals surface area (Å²) in [5.41, 5.74) is 0.306. The van der Waals surface area contributed by atoms with Crippen molar-refractivity contribution in [2.75, 3.05) is 11.9 Å². The molecule has 0 bridgehead atoms. The molecule has 0 aliphatic heterocycles. The van der Waals surface area contributed by atoms with Gasteiger partial charge in [0.05, 0.1) is 16.6 Å². The number of aliphatic hydroxyl groups excluding tert-OH is 1. The molecule has 0 aliphatic rings. The fourth-order valence-corrected chi connectivity index (χ4v) is 2.14. The number of rotatable bonds is 4. The normalized spacial score (nSPS) is 13.9. The van der Waals surface area contributed by atoms with E-state index < -0.39 is 5.54 Å². The molecule has 6 heteroatoms. The number of halogens is 2. The van der Waals surface area contributed by atoms with Gasteiger partial charge >= 0.3 is 0 Å². The molecule has 1 heterocycles. The van der Waals surface area contributed by atoms with Crippen LogP contribution in [0.2, 0.25) is 5.15 Å². The molecule has 2 N–H and O–H groups in total. The number of hydrogen-bond donors (Lipinski definition) is 2. The van der Waals surface area contributed by atoms with Crippen LogP contribution >= 0.6 is 27.5 Å². The summed E-state index contributed by atoms with van der Waals surface area (Å²) in [6, 6.07) is 9.67. The summed E-state index contributed by atoms with van der Waals surface area (Å²) in [5.74, 6) is 0.542. The van der Waals surface area contributed by atoms with Crippen molar-refractivity contribution in [2.45, 2.75) is 12.5 Å². The van der Waals surface area contributed by atoms with Crippen molar-refractivity contribution < 1.29 is 5.11 Å². The van der Waals surface area contributed by atoms with Crippen molar-refractivity contribution in [3.63, 3.8) is 0 Å². The maximum absolute atomic E-state index is 9.71. The monoisotopic (exact) mass is 341 g/mol. The van der Waals surface area contributed by atoms with Gasteiger partial charge in [0.15, 0.2) is 0 Å². The van der Waals surface area contributed by atoms with Crippen LogP contribution in [0.4, 0.5) is 5.82 Å². The minimum atomic E-state index is -0.651. The Bertz CT molecular complexity index is 567. The molecule has 1 aromatic carbocycles. The molecule has 0 saturated heterocycles. The first kappa shape index (κ1) is 14.2. The summed E-state index contributed by atoms with van der Waals surface area (Å²) in [6.45, 7) is 1.82. The molecule has 1 unspecified atom stereocenters. The predicted octanol–water partition coefficient (Wildman–Crippen LogP) is 3.21. The average Bonchev–Trinajstić information content (AvgIpc) is 2.45. The smallest absolute Gasteiger partial charge is 0.148 e. The Morgan fingerprint density at radius 1 is 1.32 bits per heavy atom. The lowest BCUT2D eigenvalue weighted by atomic mass is 9.93. The number of anilines is 1. The first-order valence-electron chi connectivity index (χ1n) is 5.67. The van der Waals surface area contributed by atoms with E-state index in [0.717, 1.165) is 5.56 Å². The Labute approximate surface area is 125 Å². The summed E-state index contributed by atoms with van der Waals surface area (Å²) in [7, 11) is 0. The maximum Gasteiger partial charge on any atom is 0.148 e. The van der Waals surface area contributed by atoms with E-state index in [1.165, 1.54) is 6.33 Å². The van der Waals surface area contributed by atoms with Crippen LogP contribution in [-0.4, -0.2) is 21.7 Å². The van der Waals surface area contributed by atoms with Crippen LogP contribution in [0.3, 0.4) is 0 Å². The third-order valence-electron chi connectivity index (χ3n) is 2.87. The van der Waals surface area contributed by atoms with Gasteiger partial charge in [0.25, 0.3) is 0 Å². The van der Waals surface area contributed by atoms with E-state index >= 15 is 0 Å². The second kappa shape index (κ2) is 5.86. The molecule has 2 rings (SSSR count). The average molecular weight is 343 g/mol. The number of hydrogen-bond acceptors (Lipinski definition) is 4. The van der Waals surface area contributed by atoms with Crippen LogP contribution in [0.15, 0.2) is 41.1 Å². The summed E-state index contributed by atoms with van der Waals surface area (Å²) < 4.78 is 0.576. The Hall–Kier alpha value is -1.17. The zero-order valence-electron chi connectivity index (χ0n) is 10.3. The van der Waals surface area contributed by atoms with Gasteiger partial charge in [-0.05, 0) is 28.4 Å². The zero-order chi connectivity index (χ0) is 13.9. The molecule has 0 saturated carbocycles. The first-order chi connectivity index (χ1) is 9.07. The highest BCUT2D eigenvalue weighted by Gasteiger charge is 2.27. The summed E-state index contributed by atoms with van der Waals surface area (Å²) in [6.07, 6.45) is 1.37. The minimum absolute atomic E-state index is 0.0783.